The highest BCUT2D eigenvalue weighted by molar-refractivity contribution is 5.92. The minimum absolute atomic E-state index is 0.00784. The fraction of sp³-hybridized carbons (Fsp3) is 0.159. The van der Waals surface area contributed by atoms with Crippen molar-refractivity contribution in [1.29, 1.82) is 0 Å². The van der Waals surface area contributed by atoms with Crippen molar-refractivity contribution in [2.45, 2.75) is 32.9 Å². The Labute approximate surface area is 329 Å². The van der Waals surface area contributed by atoms with E-state index in [0.29, 0.717) is 23.8 Å². The van der Waals surface area contributed by atoms with Crippen molar-refractivity contribution in [1.82, 2.24) is 34.2 Å². The van der Waals surface area contributed by atoms with Crippen LogP contribution in [0.2, 0.25) is 0 Å². The Hall–Kier alpha value is -7.41. The van der Waals surface area contributed by atoms with E-state index in [1.807, 2.05) is 103 Å². The Morgan fingerprint density at radius 2 is 1.30 bits per heavy atom. The number of amides is 2. The number of nitrogens with one attached hydrogen (secondary N) is 2. The summed E-state index contributed by atoms with van der Waals surface area (Å²) < 4.78 is 9.32. The van der Waals surface area contributed by atoms with Crippen molar-refractivity contribution in [2.24, 2.45) is 5.92 Å². The van der Waals surface area contributed by atoms with Gasteiger partial charge in [-0.2, -0.15) is 9.97 Å². The molecule has 8 aromatic rings. The van der Waals surface area contributed by atoms with Gasteiger partial charge in [0.05, 0.1) is 11.4 Å². The maximum Gasteiger partial charge on any atom is 0.249 e. The Bertz CT molecular complexity index is 2620. The number of pyridine rings is 3. The molecule has 0 saturated heterocycles. The molecule has 5 heterocycles. The molecule has 1 aliphatic carbocycles. The normalized spacial score (nSPS) is 12.1. The molecule has 0 atom stereocenters. The summed E-state index contributed by atoms with van der Waals surface area (Å²) in [7, 11) is 2.06. The average Bonchev–Trinajstić information content (AvgIpc) is 3.89. The average molecular weight is 757 g/mol. The van der Waals surface area contributed by atoms with Gasteiger partial charge >= 0.3 is 0 Å². The minimum Gasteiger partial charge on any atom is -0.489 e. The Morgan fingerprint density at radius 3 is 1.88 bits per heavy atom. The molecule has 284 valence electrons. The molecule has 2 N–H and O–H groups in total. The summed E-state index contributed by atoms with van der Waals surface area (Å²) in [5.41, 5.74) is 8.59. The molecule has 0 spiro atoms. The second kappa shape index (κ2) is 16.5. The fourth-order valence-electron chi connectivity index (χ4n) is 6.27. The molecule has 57 heavy (non-hydrogen) atoms. The van der Waals surface area contributed by atoms with Crippen LogP contribution in [0.4, 0.5) is 17.6 Å². The lowest BCUT2D eigenvalue weighted by atomic mass is 10.1. The van der Waals surface area contributed by atoms with Gasteiger partial charge < -0.3 is 9.64 Å². The van der Waals surface area contributed by atoms with E-state index in [1.165, 1.54) is 6.92 Å². The first-order valence-corrected chi connectivity index (χ1v) is 18.6. The van der Waals surface area contributed by atoms with Crippen LogP contribution < -0.4 is 20.3 Å². The van der Waals surface area contributed by atoms with E-state index in [9.17, 15) is 9.59 Å². The zero-order chi connectivity index (χ0) is 39.1. The predicted molar refractivity (Wildman–Crippen MR) is 220 cm³/mol. The highest BCUT2D eigenvalue weighted by Crippen LogP contribution is 2.30. The molecule has 2 amide bonds. The van der Waals surface area contributed by atoms with Crippen molar-refractivity contribution in [3.05, 3.63) is 151 Å². The summed E-state index contributed by atoms with van der Waals surface area (Å²) in [4.78, 5) is 38.4. The smallest absolute Gasteiger partial charge is 0.249 e. The molecule has 1 aliphatic rings. The van der Waals surface area contributed by atoms with E-state index in [4.69, 9.17) is 4.74 Å². The van der Waals surface area contributed by atoms with Gasteiger partial charge in [-0.3, -0.25) is 25.2 Å². The molecule has 0 aliphatic heterocycles. The van der Waals surface area contributed by atoms with E-state index < -0.39 is 0 Å². The fourth-order valence-corrected chi connectivity index (χ4v) is 6.27. The van der Waals surface area contributed by atoms with Gasteiger partial charge in [0.25, 0.3) is 0 Å². The van der Waals surface area contributed by atoms with E-state index in [1.54, 1.807) is 15.2 Å². The number of carbonyl (C=O) groups is 2. The number of rotatable bonds is 11. The number of aromatic nitrogens is 7. The quantitative estimate of drug-likeness (QED) is 0.136. The van der Waals surface area contributed by atoms with Crippen molar-refractivity contribution < 1.29 is 14.3 Å². The zero-order valence-electron chi connectivity index (χ0n) is 31.5. The molecule has 0 unspecified atom stereocenters. The molecule has 13 heteroatoms. The van der Waals surface area contributed by atoms with Crippen LogP contribution in [0.3, 0.4) is 0 Å². The van der Waals surface area contributed by atoms with Crippen molar-refractivity contribution in [3.8, 4) is 28.3 Å². The van der Waals surface area contributed by atoms with Gasteiger partial charge in [0.1, 0.15) is 12.4 Å². The largest absolute Gasteiger partial charge is 0.489 e. The van der Waals surface area contributed by atoms with Crippen LogP contribution in [0.5, 0.6) is 5.75 Å². The maximum atomic E-state index is 12.0. The van der Waals surface area contributed by atoms with Crippen molar-refractivity contribution in [3.63, 3.8) is 0 Å². The molecule has 0 radical (unpaired) electrons. The molecule has 13 nitrogen and oxygen atoms in total. The Morgan fingerprint density at radius 1 is 0.702 bits per heavy atom. The van der Waals surface area contributed by atoms with Gasteiger partial charge in [0.2, 0.25) is 23.7 Å². The second-order valence-corrected chi connectivity index (χ2v) is 13.7. The summed E-state index contributed by atoms with van der Waals surface area (Å²) in [5.74, 6) is 1.37. The first-order valence-electron chi connectivity index (χ1n) is 18.6. The van der Waals surface area contributed by atoms with Crippen LogP contribution in [0, 0.1) is 5.92 Å². The minimum atomic E-state index is -0.202. The lowest BCUT2D eigenvalue weighted by molar-refractivity contribution is -0.117. The molecular formula is C44H40N10O3. The SMILES string of the molecule is CC(=O)Nc1nc2cccc(-c3ccc(OCc4ccccc4)cc3)n2n1.CN(Cc1cccnc1)c1ccc(-c2cccc3nc(NC(=O)C4CC4)nn23)cc1. The summed E-state index contributed by atoms with van der Waals surface area (Å²) in [5, 5.41) is 14.3. The molecular weight excluding hydrogens is 717 g/mol. The third-order valence-corrected chi connectivity index (χ3v) is 9.34. The van der Waals surface area contributed by atoms with Gasteiger partial charge in [-0.05, 0) is 90.7 Å². The van der Waals surface area contributed by atoms with Crippen LogP contribution in [0.25, 0.3) is 33.8 Å². The topological polar surface area (TPSA) is 144 Å². The number of fused-ring (bicyclic) bond motifs is 2. The highest BCUT2D eigenvalue weighted by Gasteiger charge is 2.30. The molecule has 1 saturated carbocycles. The first-order chi connectivity index (χ1) is 27.9. The van der Waals surface area contributed by atoms with E-state index >= 15 is 0 Å². The van der Waals surface area contributed by atoms with Crippen molar-refractivity contribution >= 4 is 40.7 Å². The number of nitrogens with zero attached hydrogens (tertiary/aromatic N) is 8. The molecule has 0 bridgehead atoms. The van der Waals surface area contributed by atoms with Crippen LogP contribution >= 0.6 is 0 Å². The predicted octanol–water partition coefficient (Wildman–Crippen LogP) is 7.71. The highest BCUT2D eigenvalue weighted by atomic mass is 16.5. The Balaban J connectivity index is 0.000000161. The van der Waals surface area contributed by atoms with E-state index in [0.717, 1.165) is 64.5 Å². The van der Waals surface area contributed by atoms with E-state index in [-0.39, 0.29) is 23.7 Å². The first kappa shape index (κ1) is 36.6. The summed E-state index contributed by atoms with van der Waals surface area (Å²) >= 11 is 0. The van der Waals surface area contributed by atoms with Crippen LogP contribution in [-0.4, -0.2) is 53.0 Å². The summed E-state index contributed by atoms with van der Waals surface area (Å²) in [6, 6.07) is 41.8. The van der Waals surface area contributed by atoms with Crippen LogP contribution in [0.1, 0.15) is 30.9 Å². The number of hydrogen-bond donors (Lipinski definition) is 2. The molecule has 1 fully saturated rings. The monoisotopic (exact) mass is 756 g/mol. The zero-order valence-corrected chi connectivity index (χ0v) is 31.5. The lowest BCUT2D eigenvalue weighted by Crippen LogP contribution is -2.16. The van der Waals surface area contributed by atoms with Gasteiger partial charge in [0, 0.05) is 55.6 Å². The third-order valence-electron chi connectivity index (χ3n) is 9.34. The van der Waals surface area contributed by atoms with Gasteiger partial charge in [-0.1, -0.05) is 60.7 Å². The number of hydrogen-bond acceptors (Lipinski definition) is 9. The lowest BCUT2D eigenvalue weighted by Gasteiger charge is -2.19. The van der Waals surface area contributed by atoms with Gasteiger partial charge in [-0.15, -0.1) is 10.2 Å². The number of ether oxygens (including phenoxy) is 1. The molecule has 5 aromatic heterocycles. The summed E-state index contributed by atoms with van der Waals surface area (Å²) in [6.07, 6.45) is 5.57. The standard InChI is InChI=1S/C23H22N6O.C21H18N4O2/c1-28(15-16-4-3-13-24-14-16)19-11-9-17(10-12-19)20-5-2-6-21-25-23(27-29(20)21)26-22(30)18-7-8-18;1-15(26)22-21-23-20-9-5-8-19(25(20)24-21)17-10-12-18(13-11-17)27-14-16-6-3-2-4-7-16/h2-6,9-14,18H,7-8,15H2,1H3,(H,26,27,30);2-13H,14H2,1H3,(H,22,24,26). The van der Waals surface area contributed by atoms with Gasteiger partial charge in [-0.25, -0.2) is 9.03 Å². The molecule has 9 rings (SSSR count). The number of anilines is 3. The Kier molecular flexibility index (Phi) is 10.6. The maximum absolute atomic E-state index is 12.0. The second-order valence-electron chi connectivity index (χ2n) is 13.7. The molecule has 3 aromatic carbocycles. The van der Waals surface area contributed by atoms with Crippen LogP contribution in [-0.2, 0) is 22.7 Å². The number of carbonyl (C=O) groups excluding carboxylic acids is 2. The third kappa shape index (κ3) is 8.94. The summed E-state index contributed by atoms with van der Waals surface area (Å²) in [6.45, 7) is 2.75. The van der Waals surface area contributed by atoms with E-state index in [2.05, 4.69) is 78.1 Å². The van der Waals surface area contributed by atoms with Gasteiger partial charge in [0.15, 0.2) is 11.3 Å². The number of benzene rings is 3. The van der Waals surface area contributed by atoms with Crippen LogP contribution in [0.15, 0.2) is 140 Å². The van der Waals surface area contributed by atoms with Crippen molar-refractivity contribution in [2.75, 3.05) is 22.6 Å².